The highest BCUT2D eigenvalue weighted by Crippen LogP contribution is 2.20. The Bertz CT molecular complexity index is 299. The lowest BCUT2D eigenvalue weighted by atomic mass is 10.1. The third-order valence-corrected chi connectivity index (χ3v) is 2.83. The van der Waals surface area contributed by atoms with Gasteiger partial charge < -0.3 is 10.2 Å². The second kappa shape index (κ2) is 7.77. The molecule has 1 aliphatic heterocycles. The number of hydrogen-bond acceptors (Lipinski definition) is 2. The van der Waals surface area contributed by atoms with Crippen LogP contribution in [-0.2, 0) is 6.42 Å². The monoisotopic (exact) mass is 262 g/mol. The molecule has 1 fully saturated rings. The van der Waals surface area contributed by atoms with Crippen LogP contribution in [0.15, 0.2) is 24.3 Å². The van der Waals surface area contributed by atoms with Crippen LogP contribution in [0.1, 0.15) is 12.5 Å². The number of piperazine rings is 1. The van der Waals surface area contributed by atoms with E-state index in [0.29, 0.717) is 0 Å². The Kier molecular flexibility index (Phi) is 7.56. The van der Waals surface area contributed by atoms with Crippen molar-refractivity contribution in [3.8, 4) is 0 Å². The fourth-order valence-corrected chi connectivity index (χ4v) is 2.02. The predicted molar refractivity (Wildman–Crippen MR) is 75.4 cm³/mol. The van der Waals surface area contributed by atoms with Gasteiger partial charge in [-0.2, -0.15) is 0 Å². The lowest BCUT2D eigenvalue weighted by molar-refractivity contribution is 0.588. The molecule has 1 heterocycles. The topological polar surface area (TPSA) is 15.3 Å². The van der Waals surface area contributed by atoms with Crippen molar-refractivity contribution in [3.05, 3.63) is 29.8 Å². The average Bonchev–Trinajstić information content (AvgIpc) is 2.30. The Hall–Kier alpha value is -0.440. The fourth-order valence-electron chi connectivity index (χ4n) is 2.02. The number of para-hydroxylation sites is 1. The third-order valence-electron chi connectivity index (χ3n) is 2.83. The van der Waals surface area contributed by atoms with Crippen LogP contribution in [0.25, 0.3) is 0 Å². The molecule has 4 heteroatoms. The molecule has 2 rings (SSSR count). The number of rotatable bonds is 2. The Morgan fingerprint density at radius 3 is 2.38 bits per heavy atom. The van der Waals surface area contributed by atoms with Crippen molar-refractivity contribution >= 4 is 30.5 Å². The van der Waals surface area contributed by atoms with Crippen LogP contribution in [0.2, 0.25) is 0 Å². The highest BCUT2D eigenvalue weighted by atomic mass is 35.5. The van der Waals surface area contributed by atoms with Gasteiger partial charge in [-0.05, 0) is 18.1 Å². The van der Waals surface area contributed by atoms with Gasteiger partial charge in [0.2, 0.25) is 0 Å². The standard InChI is InChI=1S/C12H18N2.2ClH/c1-2-11-5-3-4-6-12(11)14-9-7-13-8-10-14;;/h3-6,13H,2,7-10H2,1H3;2*1H. The number of anilines is 1. The first-order chi connectivity index (χ1) is 6.92. The summed E-state index contributed by atoms with van der Waals surface area (Å²) < 4.78 is 0. The molecule has 1 saturated heterocycles. The summed E-state index contributed by atoms with van der Waals surface area (Å²) in [5, 5.41) is 3.38. The van der Waals surface area contributed by atoms with E-state index in [4.69, 9.17) is 0 Å². The van der Waals surface area contributed by atoms with Gasteiger partial charge in [0.05, 0.1) is 0 Å². The minimum absolute atomic E-state index is 0. The van der Waals surface area contributed by atoms with Gasteiger partial charge in [-0.1, -0.05) is 25.1 Å². The quantitative estimate of drug-likeness (QED) is 0.882. The lowest BCUT2D eigenvalue weighted by Crippen LogP contribution is -2.43. The molecule has 16 heavy (non-hydrogen) atoms. The summed E-state index contributed by atoms with van der Waals surface area (Å²) in [6, 6.07) is 8.74. The first-order valence-corrected chi connectivity index (χ1v) is 5.45. The van der Waals surface area contributed by atoms with Crippen LogP contribution >= 0.6 is 24.8 Å². The van der Waals surface area contributed by atoms with Crippen molar-refractivity contribution in [2.75, 3.05) is 31.1 Å². The smallest absolute Gasteiger partial charge is 0.0399 e. The molecule has 92 valence electrons. The summed E-state index contributed by atoms with van der Waals surface area (Å²) in [6.45, 7) is 6.71. The molecule has 0 aromatic heterocycles. The molecule has 2 nitrogen and oxygen atoms in total. The summed E-state index contributed by atoms with van der Waals surface area (Å²) in [5.41, 5.74) is 2.89. The van der Waals surface area contributed by atoms with Gasteiger partial charge in [-0.3, -0.25) is 0 Å². The SMILES string of the molecule is CCc1ccccc1N1CCNCC1.Cl.Cl. The maximum Gasteiger partial charge on any atom is 0.0399 e. The number of nitrogens with one attached hydrogen (secondary N) is 1. The van der Waals surface area contributed by atoms with Gasteiger partial charge in [0.1, 0.15) is 0 Å². The molecule has 0 aliphatic carbocycles. The van der Waals surface area contributed by atoms with Crippen molar-refractivity contribution in [3.63, 3.8) is 0 Å². The largest absolute Gasteiger partial charge is 0.369 e. The summed E-state index contributed by atoms with van der Waals surface area (Å²) in [4.78, 5) is 2.48. The second-order valence-corrected chi connectivity index (χ2v) is 3.72. The van der Waals surface area contributed by atoms with Crippen molar-refractivity contribution in [2.45, 2.75) is 13.3 Å². The number of hydrogen-bond donors (Lipinski definition) is 1. The molecule has 0 amide bonds. The summed E-state index contributed by atoms with van der Waals surface area (Å²) in [7, 11) is 0. The van der Waals surface area contributed by atoms with Gasteiger partial charge >= 0.3 is 0 Å². The van der Waals surface area contributed by atoms with Gasteiger partial charge in [0, 0.05) is 31.9 Å². The molecule has 0 atom stereocenters. The van der Waals surface area contributed by atoms with Crippen LogP contribution in [0.4, 0.5) is 5.69 Å². The third kappa shape index (κ3) is 3.55. The van der Waals surface area contributed by atoms with Gasteiger partial charge in [0.15, 0.2) is 0 Å². The lowest BCUT2D eigenvalue weighted by Gasteiger charge is -2.31. The first-order valence-electron chi connectivity index (χ1n) is 5.45. The van der Waals surface area contributed by atoms with E-state index in [2.05, 4.69) is 41.4 Å². The van der Waals surface area contributed by atoms with Crippen molar-refractivity contribution in [1.29, 1.82) is 0 Å². The molecule has 1 N–H and O–H groups in total. The van der Waals surface area contributed by atoms with Crippen molar-refractivity contribution < 1.29 is 0 Å². The van der Waals surface area contributed by atoms with Crippen molar-refractivity contribution in [2.24, 2.45) is 0 Å². The predicted octanol–water partition coefficient (Wildman–Crippen LogP) is 2.50. The molecule has 1 aromatic carbocycles. The molecule has 0 radical (unpaired) electrons. The van der Waals surface area contributed by atoms with Crippen LogP contribution in [0.5, 0.6) is 0 Å². The number of nitrogens with zero attached hydrogens (tertiary/aromatic N) is 1. The van der Waals surface area contributed by atoms with Crippen molar-refractivity contribution in [1.82, 2.24) is 5.32 Å². The molecule has 1 aliphatic rings. The molecular weight excluding hydrogens is 243 g/mol. The number of benzene rings is 1. The molecule has 1 aromatic rings. The summed E-state index contributed by atoms with van der Waals surface area (Å²) >= 11 is 0. The van der Waals surface area contributed by atoms with Crippen LogP contribution in [0.3, 0.4) is 0 Å². The normalized spacial score (nSPS) is 14.9. The Balaban J connectivity index is 0.00000112. The molecule has 0 saturated carbocycles. The van der Waals surface area contributed by atoms with E-state index in [0.717, 1.165) is 32.6 Å². The van der Waals surface area contributed by atoms with E-state index >= 15 is 0 Å². The minimum atomic E-state index is 0. The van der Waals surface area contributed by atoms with E-state index in [1.807, 2.05) is 0 Å². The zero-order valence-corrected chi connectivity index (χ0v) is 11.2. The number of aryl methyl sites for hydroxylation is 1. The van der Waals surface area contributed by atoms with Gasteiger partial charge in [-0.15, -0.1) is 24.8 Å². The Morgan fingerprint density at radius 1 is 1.12 bits per heavy atom. The maximum absolute atomic E-state index is 3.38. The van der Waals surface area contributed by atoms with Crippen LogP contribution in [0, 0.1) is 0 Å². The van der Waals surface area contributed by atoms with Gasteiger partial charge in [-0.25, -0.2) is 0 Å². The second-order valence-electron chi connectivity index (χ2n) is 3.72. The van der Waals surface area contributed by atoms with E-state index in [1.165, 1.54) is 11.3 Å². The minimum Gasteiger partial charge on any atom is -0.369 e. The van der Waals surface area contributed by atoms with E-state index in [9.17, 15) is 0 Å². The van der Waals surface area contributed by atoms with E-state index in [1.54, 1.807) is 0 Å². The zero-order valence-electron chi connectivity index (χ0n) is 9.61. The highest BCUT2D eigenvalue weighted by molar-refractivity contribution is 5.85. The molecule has 0 bridgehead atoms. The summed E-state index contributed by atoms with van der Waals surface area (Å²) in [6.07, 6.45) is 1.13. The van der Waals surface area contributed by atoms with E-state index < -0.39 is 0 Å². The average molecular weight is 263 g/mol. The molecule has 0 spiro atoms. The highest BCUT2D eigenvalue weighted by Gasteiger charge is 2.12. The van der Waals surface area contributed by atoms with Gasteiger partial charge in [0.25, 0.3) is 0 Å². The Labute approximate surface area is 110 Å². The molecular formula is C12H20Cl2N2. The molecule has 0 unspecified atom stereocenters. The fraction of sp³-hybridized carbons (Fsp3) is 0.500. The Morgan fingerprint density at radius 2 is 1.75 bits per heavy atom. The van der Waals surface area contributed by atoms with Crippen LogP contribution < -0.4 is 10.2 Å². The van der Waals surface area contributed by atoms with E-state index in [-0.39, 0.29) is 24.8 Å². The summed E-state index contributed by atoms with van der Waals surface area (Å²) in [5.74, 6) is 0. The van der Waals surface area contributed by atoms with Crippen LogP contribution in [-0.4, -0.2) is 26.2 Å². The maximum atomic E-state index is 3.38. The zero-order chi connectivity index (χ0) is 9.80. The number of halogens is 2. The first kappa shape index (κ1) is 15.6.